The maximum absolute atomic E-state index is 11.7. The molecule has 132 valence electrons. The van der Waals surface area contributed by atoms with Crippen LogP contribution in [0.15, 0.2) is 0 Å². The number of alkyl carbamates (subject to hydrolysis) is 1. The minimum absolute atomic E-state index is 0.204. The first kappa shape index (κ1) is 18.7. The number of fused-ring (bicyclic) bond motifs is 2. The highest BCUT2D eigenvalue weighted by atomic mass is 16.6. The molecule has 2 rings (SSSR count). The Labute approximate surface area is 143 Å². The summed E-state index contributed by atoms with van der Waals surface area (Å²) >= 11 is 0. The van der Waals surface area contributed by atoms with Gasteiger partial charge in [-0.15, -0.1) is 0 Å². The molecule has 4 heteroatoms. The Morgan fingerprint density at radius 2 is 1.70 bits per heavy atom. The molecule has 2 bridgehead atoms. The number of ether oxygens (including phenoxy) is 1. The molecule has 2 fully saturated rings. The number of hydrogen-bond donors (Lipinski definition) is 1. The summed E-state index contributed by atoms with van der Waals surface area (Å²) in [5, 5.41) is 2.95. The first-order valence-corrected chi connectivity index (χ1v) is 9.84. The smallest absolute Gasteiger partial charge is 0.407 e. The number of carbonyl (C=O) groups excluding carboxylic acids is 1. The van der Waals surface area contributed by atoms with E-state index in [4.69, 9.17) is 4.74 Å². The zero-order valence-corrected chi connectivity index (χ0v) is 15.7. The normalized spacial score (nSPS) is 25.8. The van der Waals surface area contributed by atoms with Crippen molar-refractivity contribution in [3.8, 4) is 0 Å². The number of rotatable bonds is 6. The van der Waals surface area contributed by atoms with Crippen molar-refractivity contribution >= 4 is 12.8 Å². The predicted octanol–water partition coefficient (Wildman–Crippen LogP) is 5.67. The standard InChI is InChI=1S/C19H36BNO2/c1-15(21-18(22)23-19(2,3)4)9-5-6-14-20-16-10-7-11-17(20)13-8-12-16/h15-17H,5-14H2,1-4H3,(H,21,22)/t15-,16?,17?/m0/s1. The zero-order valence-electron chi connectivity index (χ0n) is 15.7. The van der Waals surface area contributed by atoms with E-state index in [0.29, 0.717) is 0 Å². The van der Waals surface area contributed by atoms with E-state index in [1.807, 2.05) is 20.8 Å². The van der Waals surface area contributed by atoms with Crippen molar-refractivity contribution in [1.82, 2.24) is 5.32 Å². The average molecular weight is 321 g/mol. The molecule has 0 aromatic carbocycles. The van der Waals surface area contributed by atoms with Crippen LogP contribution in [0.2, 0.25) is 18.0 Å². The summed E-state index contributed by atoms with van der Waals surface area (Å²) < 4.78 is 5.31. The van der Waals surface area contributed by atoms with Crippen LogP contribution >= 0.6 is 0 Å². The predicted molar refractivity (Wildman–Crippen MR) is 98.4 cm³/mol. The van der Waals surface area contributed by atoms with Gasteiger partial charge in [-0.25, -0.2) is 4.79 Å². The summed E-state index contributed by atoms with van der Waals surface area (Å²) in [7, 11) is 0. The molecule has 1 amide bonds. The van der Waals surface area contributed by atoms with E-state index < -0.39 is 5.60 Å². The number of unbranched alkanes of at least 4 members (excludes halogenated alkanes) is 1. The lowest BCUT2D eigenvalue weighted by Crippen LogP contribution is -2.37. The third-order valence-corrected chi connectivity index (χ3v) is 5.70. The van der Waals surface area contributed by atoms with Crippen molar-refractivity contribution in [1.29, 1.82) is 0 Å². The first-order chi connectivity index (χ1) is 10.8. The topological polar surface area (TPSA) is 38.3 Å². The van der Waals surface area contributed by atoms with Crippen molar-refractivity contribution in [3.05, 3.63) is 0 Å². The molecule has 0 aromatic rings. The number of amides is 1. The quantitative estimate of drug-likeness (QED) is 0.505. The minimum Gasteiger partial charge on any atom is -0.444 e. The third kappa shape index (κ3) is 6.39. The molecule has 3 nitrogen and oxygen atoms in total. The zero-order chi connectivity index (χ0) is 16.9. The summed E-state index contributed by atoms with van der Waals surface area (Å²) in [6, 6.07) is 0.204. The molecule has 2 heterocycles. The SMILES string of the molecule is C[C@@H](CCCCB1C2CCCC1CCC2)NC(=O)OC(C)(C)C. The summed E-state index contributed by atoms with van der Waals surface area (Å²) in [6.45, 7) is 8.79. The number of carbonyl (C=O) groups is 1. The Bertz CT molecular complexity index is 358. The number of nitrogens with one attached hydrogen (secondary N) is 1. The molecule has 2 aliphatic heterocycles. The van der Waals surface area contributed by atoms with Gasteiger partial charge in [0.2, 0.25) is 0 Å². The van der Waals surface area contributed by atoms with Gasteiger partial charge in [-0.1, -0.05) is 69.3 Å². The number of hydrogen-bond acceptors (Lipinski definition) is 2. The van der Waals surface area contributed by atoms with Crippen molar-refractivity contribution < 1.29 is 9.53 Å². The molecule has 1 atom stereocenters. The third-order valence-electron chi connectivity index (χ3n) is 5.70. The Kier molecular flexibility index (Phi) is 6.85. The van der Waals surface area contributed by atoms with Crippen LogP contribution in [0.3, 0.4) is 0 Å². The molecule has 0 aromatic heterocycles. The highest BCUT2D eigenvalue weighted by molar-refractivity contribution is 6.62. The lowest BCUT2D eigenvalue weighted by molar-refractivity contribution is 0.0506. The van der Waals surface area contributed by atoms with Gasteiger partial charge in [0.25, 0.3) is 0 Å². The van der Waals surface area contributed by atoms with Crippen molar-refractivity contribution in [3.63, 3.8) is 0 Å². The van der Waals surface area contributed by atoms with Crippen LogP contribution in [0, 0.1) is 0 Å². The first-order valence-electron chi connectivity index (χ1n) is 9.84. The molecule has 23 heavy (non-hydrogen) atoms. The Hall–Kier alpha value is -0.665. The highest BCUT2D eigenvalue weighted by Crippen LogP contribution is 2.48. The van der Waals surface area contributed by atoms with E-state index in [9.17, 15) is 4.79 Å². The van der Waals surface area contributed by atoms with Crippen LogP contribution in [-0.4, -0.2) is 24.4 Å². The van der Waals surface area contributed by atoms with E-state index in [0.717, 1.165) is 24.8 Å². The fourth-order valence-corrected chi connectivity index (χ4v) is 4.70. The fourth-order valence-electron chi connectivity index (χ4n) is 4.70. The van der Waals surface area contributed by atoms with Crippen LogP contribution in [0.5, 0.6) is 0 Å². The Balaban J connectivity index is 1.60. The van der Waals surface area contributed by atoms with Gasteiger partial charge in [-0.05, 0) is 34.1 Å². The summed E-state index contributed by atoms with van der Waals surface area (Å²) in [4.78, 5) is 11.7. The fraction of sp³-hybridized carbons (Fsp3) is 0.947. The van der Waals surface area contributed by atoms with Gasteiger partial charge < -0.3 is 10.1 Å². The minimum atomic E-state index is -0.414. The van der Waals surface area contributed by atoms with Gasteiger partial charge in [-0.3, -0.25) is 0 Å². The average Bonchev–Trinajstić information content (AvgIpc) is 2.40. The van der Waals surface area contributed by atoms with Crippen LogP contribution < -0.4 is 5.32 Å². The van der Waals surface area contributed by atoms with Crippen LogP contribution in [0.25, 0.3) is 0 Å². The molecule has 2 saturated heterocycles. The molecule has 2 aliphatic rings. The summed E-state index contributed by atoms with van der Waals surface area (Å²) in [5.41, 5.74) is -0.414. The van der Waals surface area contributed by atoms with Crippen molar-refractivity contribution in [2.75, 3.05) is 0 Å². The second-order valence-corrected chi connectivity index (χ2v) is 8.88. The lowest BCUT2D eigenvalue weighted by atomic mass is 9.26. The van der Waals surface area contributed by atoms with Gasteiger partial charge in [0.1, 0.15) is 12.3 Å². The second-order valence-electron chi connectivity index (χ2n) is 8.88. The maximum Gasteiger partial charge on any atom is 0.407 e. The van der Waals surface area contributed by atoms with E-state index in [1.54, 1.807) is 0 Å². The van der Waals surface area contributed by atoms with Gasteiger partial charge >= 0.3 is 6.09 Å². The monoisotopic (exact) mass is 321 g/mol. The van der Waals surface area contributed by atoms with Gasteiger partial charge in [0.15, 0.2) is 0 Å². The van der Waals surface area contributed by atoms with E-state index >= 15 is 0 Å². The maximum atomic E-state index is 11.7. The molecule has 1 N–H and O–H groups in total. The van der Waals surface area contributed by atoms with Gasteiger partial charge in [0, 0.05) is 6.04 Å². The van der Waals surface area contributed by atoms with Crippen LogP contribution in [-0.2, 0) is 4.74 Å². The highest BCUT2D eigenvalue weighted by Gasteiger charge is 2.38. The largest absolute Gasteiger partial charge is 0.444 e. The molecule has 0 spiro atoms. The van der Waals surface area contributed by atoms with Crippen molar-refractivity contribution in [2.24, 2.45) is 0 Å². The molecular weight excluding hydrogens is 285 g/mol. The van der Waals surface area contributed by atoms with E-state index in [1.165, 1.54) is 57.7 Å². The lowest BCUT2D eigenvalue weighted by Gasteiger charge is -2.40. The molecule has 0 saturated carbocycles. The molecule has 0 radical (unpaired) electrons. The van der Waals surface area contributed by atoms with Gasteiger partial charge in [0.05, 0.1) is 0 Å². The molecular formula is C19H36BNO2. The van der Waals surface area contributed by atoms with E-state index in [2.05, 4.69) is 12.2 Å². The summed E-state index contributed by atoms with van der Waals surface area (Å²) in [5.74, 6) is 2.06. The molecule has 0 aliphatic carbocycles. The summed E-state index contributed by atoms with van der Waals surface area (Å²) in [6.07, 6.45) is 13.6. The Morgan fingerprint density at radius 1 is 1.13 bits per heavy atom. The van der Waals surface area contributed by atoms with Crippen LogP contribution in [0.4, 0.5) is 4.79 Å². The van der Waals surface area contributed by atoms with Crippen LogP contribution in [0.1, 0.15) is 85.5 Å². The van der Waals surface area contributed by atoms with E-state index in [-0.39, 0.29) is 12.1 Å². The Morgan fingerprint density at radius 3 is 2.22 bits per heavy atom. The van der Waals surface area contributed by atoms with Gasteiger partial charge in [-0.2, -0.15) is 0 Å². The van der Waals surface area contributed by atoms with Crippen molar-refractivity contribution in [2.45, 2.75) is 115 Å². The second kappa shape index (κ2) is 8.44. The molecule has 0 unspecified atom stereocenters.